The number of hydrogen-bond acceptors (Lipinski definition) is 7. The zero-order valence-corrected chi connectivity index (χ0v) is 18.1. The number of halogens is 1. The minimum absolute atomic E-state index is 0.121. The molecule has 9 heteroatoms. The van der Waals surface area contributed by atoms with Crippen LogP contribution in [0.15, 0.2) is 88.4 Å². The third-order valence-corrected chi connectivity index (χ3v) is 5.03. The molecule has 0 radical (unpaired) electrons. The van der Waals surface area contributed by atoms with Gasteiger partial charge in [-0.25, -0.2) is 9.97 Å². The summed E-state index contributed by atoms with van der Waals surface area (Å²) in [5.41, 5.74) is 5.34. The average molecular weight is 490 g/mol. The van der Waals surface area contributed by atoms with Crippen molar-refractivity contribution in [1.82, 2.24) is 9.97 Å². The molecule has 0 amide bonds. The zero-order valence-electron chi connectivity index (χ0n) is 16.5. The van der Waals surface area contributed by atoms with E-state index in [4.69, 9.17) is 0 Å². The van der Waals surface area contributed by atoms with Gasteiger partial charge in [0.05, 0.1) is 16.8 Å². The minimum Gasteiger partial charge on any atom is -0.507 e. The fourth-order valence-corrected chi connectivity index (χ4v) is 3.18. The van der Waals surface area contributed by atoms with Crippen LogP contribution in [0.25, 0.3) is 22.6 Å². The highest BCUT2D eigenvalue weighted by molar-refractivity contribution is 9.10. The number of non-ortho nitro benzene ring substituents is 1. The molecule has 158 valence electrons. The predicted octanol–water partition coefficient (Wildman–Crippen LogP) is 5.63. The van der Waals surface area contributed by atoms with E-state index < -0.39 is 4.92 Å². The van der Waals surface area contributed by atoms with Crippen molar-refractivity contribution < 1.29 is 10.0 Å². The number of nitrogens with zero attached hydrogens (tertiary/aromatic N) is 4. The number of rotatable bonds is 6. The van der Waals surface area contributed by atoms with E-state index in [0.717, 1.165) is 15.6 Å². The number of hydrazone groups is 1. The maximum Gasteiger partial charge on any atom is 0.270 e. The average Bonchev–Trinajstić information content (AvgIpc) is 2.81. The summed E-state index contributed by atoms with van der Waals surface area (Å²) >= 11 is 3.42. The molecule has 0 saturated heterocycles. The molecule has 1 heterocycles. The number of nitro benzene ring substituents is 1. The van der Waals surface area contributed by atoms with Gasteiger partial charge in [0, 0.05) is 39.4 Å². The Morgan fingerprint density at radius 1 is 0.969 bits per heavy atom. The molecule has 0 spiro atoms. The van der Waals surface area contributed by atoms with Crippen molar-refractivity contribution in [3.8, 4) is 28.4 Å². The quantitative estimate of drug-likeness (QED) is 0.206. The van der Waals surface area contributed by atoms with E-state index in [1.54, 1.807) is 6.07 Å². The summed E-state index contributed by atoms with van der Waals surface area (Å²) in [6, 6.07) is 22.8. The topological polar surface area (TPSA) is 114 Å². The molecule has 0 aliphatic rings. The van der Waals surface area contributed by atoms with Crippen LogP contribution in [-0.2, 0) is 0 Å². The number of hydrogen-bond donors (Lipinski definition) is 2. The minimum atomic E-state index is -0.536. The third kappa shape index (κ3) is 4.96. The van der Waals surface area contributed by atoms with Crippen LogP contribution in [0.2, 0.25) is 0 Å². The molecule has 0 fully saturated rings. The molecule has 3 aromatic carbocycles. The monoisotopic (exact) mass is 489 g/mol. The van der Waals surface area contributed by atoms with Gasteiger partial charge in [-0.1, -0.05) is 58.4 Å². The Morgan fingerprint density at radius 3 is 2.44 bits per heavy atom. The zero-order chi connectivity index (χ0) is 22.5. The summed E-state index contributed by atoms with van der Waals surface area (Å²) in [4.78, 5) is 19.7. The van der Waals surface area contributed by atoms with E-state index in [-0.39, 0.29) is 17.0 Å². The molecular formula is C23H16BrN5O3. The van der Waals surface area contributed by atoms with Crippen molar-refractivity contribution in [2.45, 2.75) is 0 Å². The van der Waals surface area contributed by atoms with Gasteiger partial charge < -0.3 is 5.11 Å². The van der Waals surface area contributed by atoms with Gasteiger partial charge in [-0.2, -0.15) is 5.10 Å². The van der Waals surface area contributed by atoms with Gasteiger partial charge in [0.2, 0.25) is 0 Å². The summed E-state index contributed by atoms with van der Waals surface area (Å²) in [6.07, 6.45) is 1.30. The Kier molecular flexibility index (Phi) is 6.18. The first-order valence-corrected chi connectivity index (χ1v) is 10.3. The number of aromatic hydroxyl groups is 1. The molecule has 0 aliphatic carbocycles. The highest BCUT2D eigenvalue weighted by Crippen LogP contribution is 2.26. The van der Waals surface area contributed by atoms with Gasteiger partial charge >= 0.3 is 0 Å². The molecule has 8 nitrogen and oxygen atoms in total. The van der Waals surface area contributed by atoms with Crippen LogP contribution in [0.5, 0.6) is 5.75 Å². The molecule has 0 aliphatic heterocycles. The lowest BCUT2D eigenvalue weighted by Gasteiger charge is -2.08. The summed E-state index contributed by atoms with van der Waals surface area (Å²) in [5, 5.41) is 25.0. The van der Waals surface area contributed by atoms with Gasteiger partial charge in [-0.3, -0.25) is 15.5 Å². The van der Waals surface area contributed by atoms with E-state index in [9.17, 15) is 15.2 Å². The molecule has 32 heavy (non-hydrogen) atoms. The van der Waals surface area contributed by atoms with Gasteiger partial charge in [-0.15, -0.1) is 0 Å². The van der Waals surface area contributed by atoms with Gasteiger partial charge in [0.25, 0.3) is 5.69 Å². The molecule has 4 aromatic rings. The SMILES string of the molecule is O=[N+]([O-])c1ccc(O)c(/C=N/Nc2cc(-c3ccccc3)nc(-c3ccc(Br)cc3)n2)c1. The molecule has 0 atom stereocenters. The Morgan fingerprint density at radius 2 is 1.72 bits per heavy atom. The highest BCUT2D eigenvalue weighted by atomic mass is 79.9. The molecule has 4 rings (SSSR count). The summed E-state index contributed by atoms with van der Waals surface area (Å²) < 4.78 is 0.945. The number of phenolic OH excluding ortho intramolecular Hbond substituents is 1. The van der Waals surface area contributed by atoms with Crippen molar-refractivity contribution in [3.63, 3.8) is 0 Å². The maximum absolute atomic E-state index is 11.0. The number of aromatic nitrogens is 2. The lowest BCUT2D eigenvalue weighted by Crippen LogP contribution is -1.99. The van der Waals surface area contributed by atoms with Crippen LogP contribution in [0.1, 0.15) is 5.56 Å². The van der Waals surface area contributed by atoms with Gasteiger partial charge in [0.15, 0.2) is 11.6 Å². The second kappa shape index (κ2) is 9.36. The smallest absolute Gasteiger partial charge is 0.270 e. The normalized spacial score (nSPS) is 10.9. The fourth-order valence-electron chi connectivity index (χ4n) is 2.92. The Bertz CT molecular complexity index is 1300. The van der Waals surface area contributed by atoms with Crippen LogP contribution in [-0.4, -0.2) is 26.2 Å². The van der Waals surface area contributed by atoms with E-state index in [2.05, 4.69) is 36.4 Å². The van der Waals surface area contributed by atoms with E-state index >= 15 is 0 Å². The van der Waals surface area contributed by atoms with Crippen LogP contribution in [0.4, 0.5) is 11.5 Å². The summed E-state index contributed by atoms with van der Waals surface area (Å²) in [5.74, 6) is 0.817. The molecular weight excluding hydrogens is 474 g/mol. The fraction of sp³-hybridized carbons (Fsp3) is 0. The second-order valence-electron chi connectivity index (χ2n) is 6.71. The summed E-state index contributed by atoms with van der Waals surface area (Å²) in [6.45, 7) is 0. The lowest BCUT2D eigenvalue weighted by atomic mass is 10.1. The first-order chi connectivity index (χ1) is 15.5. The highest BCUT2D eigenvalue weighted by Gasteiger charge is 2.10. The van der Waals surface area contributed by atoms with Crippen molar-refractivity contribution in [3.05, 3.63) is 99.0 Å². The van der Waals surface area contributed by atoms with E-state index in [1.165, 1.54) is 24.4 Å². The molecule has 0 unspecified atom stereocenters. The Hall–Kier alpha value is -4.11. The number of benzene rings is 3. The number of nitro groups is 1. The molecule has 1 aromatic heterocycles. The van der Waals surface area contributed by atoms with Gasteiger partial charge in [0.1, 0.15) is 5.75 Å². The van der Waals surface area contributed by atoms with Crippen LogP contribution >= 0.6 is 15.9 Å². The van der Waals surface area contributed by atoms with Gasteiger partial charge in [-0.05, 0) is 18.2 Å². The van der Waals surface area contributed by atoms with Crippen molar-refractivity contribution in [2.75, 3.05) is 5.43 Å². The summed E-state index contributed by atoms with van der Waals surface area (Å²) in [7, 11) is 0. The lowest BCUT2D eigenvalue weighted by molar-refractivity contribution is -0.384. The Balaban J connectivity index is 1.68. The number of nitrogens with one attached hydrogen (secondary N) is 1. The first-order valence-electron chi connectivity index (χ1n) is 9.46. The third-order valence-electron chi connectivity index (χ3n) is 4.50. The van der Waals surface area contributed by atoms with Crippen molar-refractivity contribution in [2.24, 2.45) is 5.10 Å². The molecule has 0 bridgehead atoms. The molecule has 2 N–H and O–H groups in total. The maximum atomic E-state index is 11.0. The largest absolute Gasteiger partial charge is 0.507 e. The number of anilines is 1. The van der Waals surface area contributed by atoms with Crippen LogP contribution in [0.3, 0.4) is 0 Å². The standard InChI is InChI=1S/C23H16BrN5O3/c24-18-8-6-16(7-9-18)23-26-20(15-4-2-1-3-5-15)13-22(27-23)28-25-14-17-12-19(29(31)32)10-11-21(17)30/h1-14,30H,(H,26,27,28)/b25-14+. The Labute approximate surface area is 191 Å². The number of phenols is 1. The van der Waals surface area contributed by atoms with Crippen LogP contribution in [0, 0.1) is 10.1 Å². The predicted molar refractivity (Wildman–Crippen MR) is 127 cm³/mol. The van der Waals surface area contributed by atoms with E-state index in [0.29, 0.717) is 17.3 Å². The van der Waals surface area contributed by atoms with E-state index in [1.807, 2.05) is 54.6 Å². The van der Waals surface area contributed by atoms with Crippen molar-refractivity contribution in [1.29, 1.82) is 0 Å². The van der Waals surface area contributed by atoms with Crippen molar-refractivity contribution >= 4 is 33.6 Å². The van der Waals surface area contributed by atoms with Crippen LogP contribution < -0.4 is 5.43 Å². The first kappa shape index (κ1) is 21.1. The second-order valence-corrected chi connectivity index (χ2v) is 7.62. The molecule has 0 saturated carbocycles.